The number of aliphatic hydroxyl groups is 2. The van der Waals surface area contributed by atoms with Gasteiger partial charge in [-0.3, -0.25) is 9.59 Å². The third-order valence-electron chi connectivity index (χ3n) is 10.8. The van der Waals surface area contributed by atoms with Gasteiger partial charge in [-0.25, -0.2) is 4.79 Å². The predicted octanol–water partition coefficient (Wildman–Crippen LogP) is 3.96. The van der Waals surface area contributed by atoms with E-state index in [2.05, 4.69) is 6.58 Å². The first-order valence-corrected chi connectivity index (χ1v) is 14.7. The molecular weight excluding hydrogens is 540 g/mol. The number of rotatable bonds is 5. The molecule has 228 valence electrons. The van der Waals surface area contributed by atoms with Gasteiger partial charge in [0, 0.05) is 54.9 Å². The number of hydrogen-bond donors (Lipinski definition) is 2. The third-order valence-corrected chi connectivity index (χ3v) is 10.8. The number of hydrogen-bond acceptors (Lipinski definition) is 9. The molecule has 0 unspecified atom stereocenters. The number of ether oxygens (including phenoxy) is 4. The molecule has 1 aromatic rings. The Labute approximate surface area is 246 Å². The van der Waals surface area contributed by atoms with Gasteiger partial charge < -0.3 is 29.2 Å². The lowest BCUT2D eigenvalue weighted by atomic mass is 9.42. The summed E-state index contributed by atoms with van der Waals surface area (Å²) in [6.07, 6.45) is 0.300. The Morgan fingerprint density at radius 1 is 1.02 bits per heavy atom. The maximum Gasteiger partial charge on any atom is 0.331 e. The van der Waals surface area contributed by atoms with Crippen LogP contribution >= 0.6 is 0 Å². The van der Waals surface area contributed by atoms with Gasteiger partial charge in [-0.05, 0) is 30.1 Å². The fourth-order valence-corrected chi connectivity index (χ4v) is 8.49. The normalized spacial score (nSPS) is 41.9. The van der Waals surface area contributed by atoms with Crippen LogP contribution < -0.4 is 0 Å². The Morgan fingerprint density at radius 3 is 2.29 bits per heavy atom. The van der Waals surface area contributed by atoms with Crippen molar-refractivity contribution in [3.8, 4) is 0 Å². The molecule has 10 atom stereocenters. The SMILES string of the molecule is C=C1[C@@H](OC(=O)C=Cc2ccccc2)CC[C@@]2(C)[C@H]3O[C@@]4(O)C[C@@H]([C@@H](OC(C)=O)[C@H]12)C(C)(C)[C@@](O)([C@H]3OC(C)=O)[C@@H]4C. The highest BCUT2D eigenvalue weighted by atomic mass is 16.7. The number of carbonyl (C=O) groups excluding carboxylic acids is 3. The van der Waals surface area contributed by atoms with Crippen molar-refractivity contribution in [3.05, 3.63) is 54.1 Å². The first-order chi connectivity index (χ1) is 19.6. The highest BCUT2D eigenvalue weighted by Gasteiger charge is 2.78. The van der Waals surface area contributed by atoms with Crippen LogP contribution in [0.5, 0.6) is 0 Å². The van der Waals surface area contributed by atoms with E-state index in [1.165, 1.54) is 19.9 Å². The van der Waals surface area contributed by atoms with E-state index >= 15 is 0 Å². The molecule has 2 heterocycles. The Bertz CT molecular complexity index is 1300. The lowest BCUT2D eigenvalue weighted by Crippen LogP contribution is -2.83. The topological polar surface area (TPSA) is 129 Å². The van der Waals surface area contributed by atoms with Gasteiger partial charge in [-0.2, -0.15) is 0 Å². The molecule has 9 nitrogen and oxygen atoms in total. The minimum absolute atomic E-state index is 0.0782. The van der Waals surface area contributed by atoms with Crippen LogP contribution in [0.2, 0.25) is 0 Å². The smallest absolute Gasteiger partial charge is 0.331 e. The van der Waals surface area contributed by atoms with Gasteiger partial charge in [0.25, 0.3) is 0 Å². The number of esters is 3. The Balaban J connectivity index is 1.58. The Hall–Kier alpha value is -3.01. The third kappa shape index (κ3) is 4.52. The van der Waals surface area contributed by atoms with E-state index in [4.69, 9.17) is 18.9 Å². The first kappa shape index (κ1) is 30.4. The highest BCUT2D eigenvalue weighted by molar-refractivity contribution is 5.87. The van der Waals surface area contributed by atoms with Gasteiger partial charge in [0.05, 0.1) is 0 Å². The molecular formula is C33H42O9. The molecule has 42 heavy (non-hydrogen) atoms. The molecule has 0 spiro atoms. The van der Waals surface area contributed by atoms with Gasteiger partial charge in [-0.1, -0.05) is 64.6 Å². The van der Waals surface area contributed by atoms with E-state index < -0.39 is 82.3 Å². The number of benzene rings is 1. The van der Waals surface area contributed by atoms with Crippen molar-refractivity contribution in [3.63, 3.8) is 0 Å². The van der Waals surface area contributed by atoms with E-state index in [-0.39, 0.29) is 6.42 Å². The summed E-state index contributed by atoms with van der Waals surface area (Å²) in [5.41, 5.74) is -2.23. The van der Waals surface area contributed by atoms with Gasteiger partial charge in [0.1, 0.15) is 23.9 Å². The van der Waals surface area contributed by atoms with Crippen LogP contribution in [0.4, 0.5) is 0 Å². The largest absolute Gasteiger partial charge is 0.462 e. The zero-order valence-corrected chi connectivity index (χ0v) is 25.2. The fraction of sp³-hybridized carbons (Fsp3) is 0.606. The van der Waals surface area contributed by atoms with Crippen LogP contribution in [-0.2, 0) is 33.3 Å². The molecule has 3 aliphatic carbocycles. The average molecular weight is 583 g/mol. The fourth-order valence-electron chi connectivity index (χ4n) is 8.49. The van der Waals surface area contributed by atoms with Crippen molar-refractivity contribution in [2.24, 2.45) is 28.6 Å². The standard InChI is InChI=1S/C33H42O9/c1-18-24(41-25(36)14-13-22-11-9-8-10-12-22)15-16-31(7)26(18)27(39-20(3)34)23-17-32(37)19(2)33(38,30(23,5)6)29(28(31)42-32)40-21(4)35/h8-14,19,23-24,26-29,37-38H,1,15-17H2,2-7H3/t19-,23+,24+,26+,27-,28+,29+,31-,32+,33+/m1/s1. The minimum atomic E-state index is -1.75. The van der Waals surface area contributed by atoms with E-state index in [0.29, 0.717) is 18.4 Å². The molecule has 0 aromatic heterocycles. The van der Waals surface area contributed by atoms with E-state index in [0.717, 1.165) is 5.56 Å². The summed E-state index contributed by atoms with van der Waals surface area (Å²) in [5, 5.41) is 24.5. The van der Waals surface area contributed by atoms with E-state index in [1.54, 1.807) is 13.0 Å². The molecule has 2 N–H and O–H groups in total. The first-order valence-electron chi connectivity index (χ1n) is 14.7. The minimum Gasteiger partial charge on any atom is -0.462 e. The second-order valence-electron chi connectivity index (χ2n) is 13.3. The molecule has 1 aromatic carbocycles. The summed E-state index contributed by atoms with van der Waals surface area (Å²) < 4.78 is 24.4. The predicted molar refractivity (Wildman–Crippen MR) is 152 cm³/mol. The highest BCUT2D eigenvalue weighted by Crippen LogP contribution is 2.68. The van der Waals surface area contributed by atoms with Crippen molar-refractivity contribution in [2.75, 3.05) is 0 Å². The average Bonchev–Trinajstić information content (AvgIpc) is 2.91. The second kappa shape index (κ2) is 10.3. The molecule has 4 bridgehead atoms. The van der Waals surface area contributed by atoms with Gasteiger partial charge >= 0.3 is 17.9 Å². The molecule has 2 saturated heterocycles. The molecule has 5 fully saturated rings. The molecule has 6 rings (SSSR count). The summed E-state index contributed by atoms with van der Waals surface area (Å²) in [6.45, 7) is 14.3. The van der Waals surface area contributed by atoms with Crippen LogP contribution in [0.3, 0.4) is 0 Å². The summed E-state index contributed by atoms with van der Waals surface area (Å²) in [4.78, 5) is 38.0. The van der Waals surface area contributed by atoms with Gasteiger partial charge in [0.2, 0.25) is 0 Å². The summed E-state index contributed by atoms with van der Waals surface area (Å²) in [5.74, 6) is -5.42. The van der Waals surface area contributed by atoms with Crippen LogP contribution in [-0.4, -0.2) is 63.9 Å². The van der Waals surface area contributed by atoms with E-state index in [1.807, 2.05) is 51.1 Å². The van der Waals surface area contributed by atoms with Gasteiger partial charge in [-0.15, -0.1) is 0 Å². The number of carbonyl (C=O) groups is 3. The van der Waals surface area contributed by atoms with E-state index in [9.17, 15) is 24.6 Å². The zero-order chi connectivity index (χ0) is 30.8. The monoisotopic (exact) mass is 582 g/mol. The Kier molecular flexibility index (Phi) is 7.48. The van der Waals surface area contributed by atoms with Crippen LogP contribution in [0, 0.1) is 28.6 Å². The molecule has 0 radical (unpaired) electrons. The zero-order valence-electron chi connectivity index (χ0n) is 25.2. The lowest BCUT2D eigenvalue weighted by Gasteiger charge is -2.72. The maximum absolute atomic E-state index is 12.9. The Morgan fingerprint density at radius 2 is 1.67 bits per heavy atom. The van der Waals surface area contributed by atoms with Crippen molar-refractivity contribution < 1.29 is 43.5 Å². The van der Waals surface area contributed by atoms with Crippen LogP contribution in [0.15, 0.2) is 48.6 Å². The molecule has 9 heteroatoms. The molecule has 0 amide bonds. The van der Waals surface area contributed by atoms with Crippen molar-refractivity contribution >= 4 is 24.0 Å². The van der Waals surface area contributed by atoms with Crippen molar-refractivity contribution in [1.29, 1.82) is 0 Å². The molecule has 3 saturated carbocycles. The van der Waals surface area contributed by atoms with Crippen molar-refractivity contribution in [1.82, 2.24) is 0 Å². The van der Waals surface area contributed by atoms with Gasteiger partial charge in [0.15, 0.2) is 11.9 Å². The van der Waals surface area contributed by atoms with Crippen molar-refractivity contribution in [2.45, 2.75) is 96.6 Å². The molecule has 2 aliphatic heterocycles. The van der Waals surface area contributed by atoms with Crippen LogP contribution in [0.25, 0.3) is 6.08 Å². The molecule has 5 aliphatic rings. The summed E-state index contributed by atoms with van der Waals surface area (Å²) >= 11 is 0. The second-order valence-corrected chi connectivity index (χ2v) is 13.3. The summed E-state index contributed by atoms with van der Waals surface area (Å²) in [7, 11) is 0. The summed E-state index contributed by atoms with van der Waals surface area (Å²) in [6, 6.07) is 9.39. The lowest BCUT2D eigenvalue weighted by molar-refractivity contribution is -0.437. The quantitative estimate of drug-likeness (QED) is 0.229. The maximum atomic E-state index is 12.9. The van der Waals surface area contributed by atoms with Crippen LogP contribution in [0.1, 0.15) is 66.4 Å².